The van der Waals surface area contributed by atoms with Crippen molar-refractivity contribution in [1.29, 1.82) is 0 Å². The third kappa shape index (κ3) is 12.5. The molecule has 5 aromatic carbocycles. The maximum absolute atomic E-state index is 14.6. The first-order valence-corrected chi connectivity index (χ1v) is 32.1. The smallest absolute Gasteiger partial charge is 0.311 e. The zero-order chi connectivity index (χ0) is 60.5. The van der Waals surface area contributed by atoms with Crippen LogP contribution >= 0.6 is 0 Å². The quantitative estimate of drug-likeness (QED) is 0.0181. The molecular weight excluding hydrogens is 1210 g/mol. The van der Waals surface area contributed by atoms with Crippen LogP contribution < -0.4 is 9.64 Å². The standard InChI is InChI=1S/C48H48F4N2O21S6/c1-47(2)36(10-8-11-37-48(3,17-9-21-76(56,57)58)40-31-23-27(78(62,63)64)25-35(80(68,69)70)29(31)14-16-33(40)54(37)19-20-74-4)53(32-15-13-28-30(39(32)47)22-26(77(59,60)61)24-34(28)79(65,66)67)18-7-5-6-12-38(55)75-45-41(49)43(51)46(81(71,72)73)44(52)42(45)50/h8,10-11,13-16,22-25H,5-7,9,12,17-21H2,1-4H3,(H5-,56,57,58,59,60,61,62,63,64,65,66,67,68,69,70,71,72,73)/p-5. The van der Waals surface area contributed by atoms with Crippen molar-refractivity contribution in [3.63, 3.8) is 0 Å². The number of anilines is 1. The Balaban J connectivity index is 1.37. The SMILES string of the molecule is COCCN1/C(=C/C=C/C2=[N+](CCCCCC(=O)Oc3c(F)c(F)c(S(=O)(=O)[O-])c(F)c3F)c3ccc4c(S(=O)(=O)[O-])cc(S(=O)(=O)[O-])cc4c3C2(C)C)C(C)(CCCS(=O)(=O)[O-])c2c1ccc1c(S(=O)(=O)[O-])cc(S(=O)(=O)[O-])cc21. The van der Waals surface area contributed by atoms with E-state index in [9.17, 15) is 100 Å². The van der Waals surface area contributed by atoms with Gasteiger partial charge in [0, 0.05) is 72.1 Å². The average Bonchev–Trinajstić information content (AvgIpc) is 3.86. The molecule has 0 amide bonds. The second kappa shape index (κ2) is 22.1. The Kier molecular flexibility index (Phi) is 17.1. The number of rotatable bonds is 21. The third-order valence-corrected chi connectivity index (χ3v) is 18.8. The van der Waals surface area contributed by atoms with Crippen molar-refractivity contribution >= 4 is 105 Å². The Morgan fingerprint density at radius 1 is 0.642 bits per heavy atom. The van der Waals surface area contributed by atoms with E-state index in [1.165, 1.54) is 49.6 Å². The van der Waals surface area contributed by atoms with Gasteiger partial charge in [0.2, 0.25) is 23.1 Å². The Morgan fingerprint density at radius 2 is 1.17 bits per heavy atom. The summed E-state index contributed by atoms with van der Waals surface area (Å²) >= 11 is 0. The van der Waals surface area contributed by atoms with Gasteiger partial charge >= 0.3 is 5.97 Å². The average molecular weight is 1250 g/mol. The lowest BCUT2D eigenvalue weighted by Crippen LogP contribution is -2.31. The van der Waals surface area contributed by atoms with E-state index < -0.39 is 143 Å². The van der Waals surface area contributed by atoms with Gasteiger partial charge in [-0.25, -0.2) is 59.3 Å². The van der Waals surface area contributed by atoms with Crippen LogP contribution in [0.1, 0.15) is 70.4 Å². The van der Waals surface area contributed by atoms with Crippen LogP contribution in [0.4, 0.5) is 28.9 Å². The van der Waals surface area contributed by atoms with Crippen LogP contribution in [0.15, 0.2) is 96.9 Å². The first kappa shape index (κ1) is 62.8. The lowest BCUT2D eigenvalue weighted by Gasteiger charge is -2.31. The van der Waals surface area contributed by atoms with E-state index in [2.05, 4.69) is 4.74 Å². The van der Waals surface area contributed by atoms with E-state index in [0.29, 0.717) is 17.8 Å². The minimum Gasteiger partial charge on any atom is -0.748 e. The van der Waals surface area contributed by atoms with Gasteiger partial charge in [-0.3, -0.25) is 4.79 Å². The number of methoxy groups -OCH3 is 1. The Hall–Kier alpha value is -5.82. The Bertz CT molecular complexity index is 4290. The molecule has 81 heavy (non-hydrogen) atoms. The molecule has 0 aromatic heterocycles. The topological polar surface area (TPSA) is 385 Å². The monoisotopic (exact) mass is 1250 g/mol. The fraction of sp³-hybridized carbons (Fsp3) is 0.333. The lowest BCUT2D eigenvalue weighted by atomic mass is 9.75. The molecule has 5 aromatic rings. The van der Waals surface area contributed by atoms with Gasteiger partial charge in [-0.1, -0.05) is 12.1 Å². The summed E-state index contributed by atoms with van der Waals surface area (Å²) in [7, 11) is -31.5. The van der Waals surface area contributed by atoms with Crippen LogP contribution in [0.3, 0.4) is 0 Å². The highest BCUT2D eigenvalue weighted by atomic mass is 32.2. The normalized spacial score (nSPS) is 17.5. The van der Waals surface area contributed by atoms with E-state index in [0.717, 1.165) is 12.1 Å². The van der Waals surface area contributed by atoms with Crippen LogP contribution in [-0.4, -0.2) is 127 Å². The summed E-state index contributed by atoms with van der Waals surface area (Å²) < 4.78 is 290. The first-order valence-electron chi connectivity index (χ1n) is 23.5. The van der Waals surface area contributed by atoms with Crippen LogP contribution in [0.25, 0.3) is 21.5 Å². The molecule has 2 aliphatic heterocycles. The fourth-order valence-electron chi connectivity index (χ4n) is 10.4. The van der Waals surface area contributed by atoms with Crippen molar-refractivity contribution in [1.82, 2.24) is 0 Å². The van der Waals surface area contributed by atoms with Gasteiger partial charge in [-0.05, 0) is 111 Å². The predicted molar refractivity (Wildman–Crippen MR) is 269 cm³/mol. The van der Waals surface area contributed by atoms with Gasteiger partial charge in [-0.2, -0.15) is 13.4 Å². The van der Waals surface area contributed by atoms with E-state index >= 15 is 0 Å². The fourth-order valence-corrected chi connectivity index (χ4v) is 14.1. The molecule has 0 N–H and O–H groups in total. The highest BCUT2D eigenvalue weighted by Crippen LogP contribution is 2.54. The van der Waals surface area contributed by atoms with Gasteiger partial charge in [0.05, 0.1) is 41.7 Å². The number of hydrogen-bond acceptors (Lipinski definition) is 22. The number of benzene rings is 5. The van der Waals surface area contributed by atoms with Crippen molar-refractivity contribution in [3.8, 4) is 5.75 Å². The number of hydrogen-bond donors (Lipinski definition) is 0. The maximum Gasteiger partial charge on any atom is 0.311 e. The van der Waals surface area contributed by atoms with Crippen LogP contribution in [-0.2, 0) is 81.1 Å². The summed E-state index contributed by atoms with van der Waals surface area (Å²) in [6.07, 6.45) is 3.13. The summed E-state index contributed by atoms with van der Waals surface area (Å²) in [5.41, 5.74) is -1.62. The largest absolute Gasteiger partial charge is 0.748 e. The number of nitrogens with zero attached hydrogens (tertiary/aromatic N) is 2. The van der Waals surface area contributed by atoms with Crippen LogP contribution in [0, 0.1) is 23.3 Å². The zero-order valence-corrected chi connectivity index (χ0v) is 47.2. The second-order valence-electron chi connectivity index (χ2n) is 19.3. The number of allylic oxidation sites excluding steroid dienone is 4. The van der Waals surface area contributed by atoms with Gasteiger partial charge < -0.3 is 41.7 Å². The predicted octanol–water partition coefficient (Wildman–Crippen LogP) is 4.80. The maximum atomic E-state index is 14.6. The summed E-state index contributed by atoms with van der Waals surface area (Å²) in [5, 5.41) is -0.991. The van der Waals surface area contributed by atoms with Gasteiger partial charge in [0.1, 0.15) is 62.0 Å². The molecule has 33 heteroatoms. The van der Waals surface area contributed by atoms with E-state index in [-0.39, 0.29) is 102 Å². The molecule has 7 rings (SSSR count). The van der Waals surface area contributed by atoms with E-state index in [1.54, 1.807) is 30.2 Å². The molecule has 0 saturated carbocycles. The number of fused-ring (bicyclic) bond motifs is 6. The Labute approximate surface area is 461 Å². The summed E-state index contributed by atoms with van der Waals surface area (Å²) in [6, 6.07) is 7.74. The van der Waals surface area contributed by atoms with Crippen molar-refractivity contribution in [2.45, 2.75) is 94.6 Å². The first-order chi connectivity index (χ1) is 37.2. The molecule has 0 radical (unpaired) electrons. The molecule has 1 unspecified atom stereocenters. The van der Waals surface area contributed by atoms with Crippen molar-refractivity contribution < 1.29 is 114 Å². The van der Waals surface area contributed by atoms with Crippen LogP contribution in [0.2, 0.25) is 0 Å². The molecule has 0 fully saturated rings. The number of unbranched alkanes of at least 4 members (excludes halogenated alkanes) is 2. The molecule has 0 saturated heterocycles. The van der Waals surface area contributed by atoms with Crippen molar-refractivity contribution in [2.24, 2.45) is 0 Å². The summed E-state index contributed by atoms with van der Waals surface area (Å²) in [5.74, 6) is -14.6. The molecule has 2 aliphatic rings. The molecule has 0 spiro atoms. The van der Waals surface area contributed by atoms with Crippen molar-refractivity contribution in [3.05, 3.63) is 107 Å². The van der Waals surface area contributed by atoms with E-state index in [4.69, 9.17) is 4.74 Å². The third-order valence-electron chi connectivity index (χ3n) is 13.8. The van der Waals surface area contributed by atoms with E-state index in [1.807, 2.05) is 0 Å². The zero-order valence-electron chi connectivity index (χ0n) is 42.4. The minimum atomic E-state index is -6.08. The van der Waals surface area contributed by atoms with Gasteiger partial charge in [-0.15, -0.1) is 0 Å². The number of carbonyl (C=O) groups excluding carboxylic acids is 1. The highest BCUT2D eigenvalue weighted by Gasteiger charge is 2.47. The lowest BCUT2D eigenvalue weighted by molar-refractivity contribution is -0.438. The molecule has 2 heterocycles. The van der Waals surface area contributed by atoms with Crippen LogP contribution in [0.5, 0.6) is 5.75 Å². The van der Waals surface area contributed by atoms with Gasteiger partial charge in [0.15, 0.2) is 17.3 Å². The summed E-state index contributed by atoms with van der Waals surface area (Å²) in [4.78, 5) is 7.55. The number of halogens is 4. The number of carbonyl (C=O) groups is 1. The minimum absolute atomic E-state index is 0.0266. The number of esters is 1. The second-order valence-corrected chi connectivity index (χ2v) is 27.6. The molecule has 0 bridgehead atoms. The molecular formula is C48H43F4N2O21S6-5. The number of ether oxygens (including phenoxy) is 2. The molecule has 0 aliphatic carbocycles. The van der Waals surface area contributed by atoms with Crippen molar-refractivity contribution in [2.75, 3.05) is 37.5 Å². The Morgan fingerprint density at radius 3 is 1.67 bits per heavy atom. The molecule has 1 atom stereocenters. The van der Waals surface area contributed by atoms with Gasteiger partial charge in [0.25, 0.3) is 0 Å². The molecule has 23 nitrogen and oxygen atoms in total. The summed E-state index contributed by atoms with van der Waals surface area (Å²) in [6.45, 7) is 4.62. The highest BCUT2D eigenvalue weighted by molar-refractivity contribution is 7.87. The molecule has 440 valence electrons.